The SMILES string of the molecule is CCCc1nc(CC(C)C)sc1-c1csc(N)n1. The molecule has 2 heterocycles. The Hall–Kier alpha value is -0.940. The number of hydrogen-bond acceptors (Lipinski definition) is 5. The van der Waals surface area contributed by atoms with E-state index in [4.69, 9.17) is 10.7 Å². The molecule has 18 heavy (non-hydrogen) atoms. The lowest BCUT2D eigenvalue weighted by Gasteiger charge is -1.98. The van der Waals surface area contributed by atoms with Gasteiger partial charge in [-0.15, -0.1) is 22.7 Å². The minimum absolute atomic E-state index is 0.631. The molecular weight excluding hydrogens is 262 g/mol. The molecule has 0 fully saturated rings. The van der Waals surface area contributed by atoms with Crippen molar-refractivity contribution in [3.8, 4) is 10.6 Å². The molecule has 0 aliphatic rings. The highest BCUT2D eigenvalue weighted by Crippen LogP contribution is 2.33. The highest BCUT2D eigenvalue weighted by atomic mass is 32.1. The normalized spacial score (nSPS) is 11.3. The number of nitrogens with two attached hydrogens (primary N) is 1. The lowest BCUT2D eigenvalue weighted by Crippen LogP contribution is -1.94. The molecule has 2 rings (SSSR count). The van der Waals surface area contributed by atoms with E-state index < -0.39 is 0 Å². The van der Waals surface area contributed by atoms with Crippen LogP contribution >= 0.6 is 22.7 Å². The first-order valence-electron chi connectivity index (χ1n) is 6.30. The first-order chi connectivity index (χ1) is 8.60. The second-order valence-corrected chi connectivity index (χ2v) is 6.78. The van der Waals surface area contributed by atoms with Crippen molar-refractivity contribution in [1.29, 1.82) is 0 Å². The van der Waals surface area contributed by atoms with Crippen LogP contribution in [0.25, 0.3) is 10.6 Å². The van der Waals surface area contributed by atoms with E-state index in [1.165, 1.54) is 26.9 Å². The summed E-state index contributed by atoms with van der Waals surface area (Å²) in [6.45, 7) is 6.63. The van der Waals surface area contributed by atoms with Crippen LogP contribution in [0.4, 0.5) is 5.13 Å². The van der Waals surface area contributed by atoms with Gasteiger partial charge in [0.15, 0.2) is 5.13 Å². The summed E-state index contributed by atoms with van der Waals surface area (Å²) in [6, 6.07) is 0. The van der Waals surface area contributed by atoms with Crippen LogP contribution in [0.15, 0.2) is 5.38 Å². The number of hydrogen-bond donors (Lipinski definition) is 1. The van der Waals surface area contributed by atoms with Crippen LogP contribution in [-0.2, 0) is 12.8 Å². The van der Waals surface area contributed by atoms with E-state index in [9.17, 15) is 0 Å². The van der Waals surface area contributed by atoms with Crippen molar-refractivity contribution in [3.63, 3.8) is 0 Å². The average molecular weight is 281 g/mol. The minimum Gasteiger partial charge on any atom is -0.375 e. The molecule has 98 valence electrons. The lowest BCUT2D eigenvalue weighted by molar-refractivity contribution is 0.642. The molecule has 0 unspecified atom stereocenters. The largest absolute Gasteiger partial charge is 0.375 e. The predicted octanol–water partition coefficient (Wildman–Crippen LogP) is 4.00. The minimum atomic E-state index is 0.631. The second-order valence-electron chi connectivity index (χ2n) is 4.80. The lowest BCUT2D eigenvalue weighted by atomic mass is 10.1. The molecule has 3 nitrogen and oxygen atoms in total. The Morgan fingerprint density at radius 2 is 2.11 bits per heavy atom. The zero-order valence-electron chi connectivity index (χ0n) is 11.1. The molecule has 0 radical (unpaired) electrons. The number of aryl methyl sites for hydroxylation is 1. The van der Waals surface area contributed by atoms with Gasteiger partial charge in [-0.1, -0.05) is 27.2 Å². The van der Waals surface area contributed by atoms with Gasteiger partial charge in [-0.3, -0.25) is 0 Å². The van der Waals surface area contributed by atoms with E-state index >= 15 is 0 Å². The van der Waals surface area contributed by atoms with Crippen molar-refractivity contribution < 1.29 is 0 Å². The van der Waals surface area contributed by atoms with Gasteiger partial charge in [0.1, 0.15) is 0 Å². The summed E-state index contributed by atoms with van der Waals surface area (Å²) in [4.78, 5) is 10.4. The van der Waals surface area contributed by atoms with Crippen molar-refractivity contribution in [2.24, 2.45) is 5.92 Å². The van der Waals surface area contributed by atoms with Gasteiger partial charge in [0, 0.05) is 11.8 Å². The number of nitrogens with zero attached hydrogens (tertiary/aromatic N) is 2. The van der Waals surface area contributed by atoms with Crippen LogP contribution in [0.1, 0.15) is 37.9 Å². The molecule has 2 N–H and O–H groups in total. The maximum atomic E-state index is 5.72. The van der Waals surface area contributed by atoms with E-state index in [0.717, 1.165) is 25.0 Å². The number of thiazole rings is 2. The molecule has 0 spiro atoms. The van der Waals surface area contributed by atoms with Crippen LogP contribution in [0.3, 0.4) is 0 Å². The van der Waals surface area contributed by atoms with Crippen molar-refractivity contribution in [2.45, 2.75) is 40.0 Å². The Labute approximate surface area is 116 Å². The topological polar surface area (TPSA) is 51.8 Å². The molecule has 2 aromatic heterocycles. The van der Waals surface area contributed by atoms with Crippen LogP contribution < -0.4 is 5.73 Å². The van der Waals surface area contributed by atoms with Crippen LogP contribution in [0.5, 0.6) is 0 Å². The Morgan fingerprint density at radius 1 is 1.33 bits per heavy atom. The zero-order valence-corrected chi connectivity index (χ0v) is 12.7. The maximum Gasteiger partial charge on any atom is 0.180 e. The van der Waals surface area contributed by atoms with Gasteiger partial charge in [0.05, 0.1) is 21.3 Å². The van der Waals surface area contributed by atoms with Gasteiger partial charge in [-0.2, -0.15) is 0 Å². The van der Waals surface area contributed by atoms with Crippen molar-refractivity contribution >= 4 is 27.8 Å². The monoisotopic (exact) mass is 281 g/mol. The van der Waals surface area contributed by atoms with Gasteiger partial charge in [-0.05, 0) is 12.3 Å². The third-order valence-electron chi connectivity index (χ3n) is 2.57. The van der Waals surface area contributed by atoms with Gasteiger partial charge in [0.25, 0.3) is 0 Å². The quantitative estimate of drug-likeness (QED) is 0.901. The molecule has 0 aliphatic carbocycles. The van der Waals surface area contributed by atoms with Gasteiger partial charge in [0.2, 0.25) is 0 Å². The van der Waals surface area contributed by atoms with Crippen molar-refractivity contribution in [3.05, 3.63) is 16.1 Å². The molecule has 0 saturated heterocycles. The fourth-order valence-electron chi connectivity index (χ4n) is 1.84. The maximum absolute atomic E-state index is 5.72. The summed E-state index contributed by atoms with van der Waals surface area (Å²) >= 11 is 3.27. The molecular formula is C13H19N3S2. The fourth-order valence-corrected chi connectivity index (χ4v) is 3.75. The van der Waals surface area contributed by atoms with Crippen molar-refractivity contribution in [1.82, 2.24) is 9.97 Å². The molecule has 2 aromatic rings. The summed E-state index contributed by atoms with van der Waals surface area (Å²) in [6.07, 6.45) is 3.17. The van der Waals surface area contributed by atoms with E-state index in [1.54, 1.807) is 11.3 Å². The average Bonchev–Trinajstić information content (AvgIpc) is 2.85. The molecule has 0 bridgehead atoms. The number of aromatic nitrogens is 2. The zero-order chi connectivity index (χ0) is 13.1. The van der Waals surface area contributed by atoms with Crippen LogP contribution in [0.2, 0.25) is 0 Å². The Balaban J connectivity index is 2.34. The molecule has 0 aliphatic heterocycles. The van der Waals surface area contributed by atoms with E-state index in [2.05, 4.69) is 25.8 Å². The Morgan fingerprint density at radius 3 is 2.67 bits per heavy atom. The van der Waals surface area contributed by atoms with Gasteiger partial charge >= 0.3 is 0 Å². The standard InChI is InChI=1S/C13H19N3S2/c1-4-5-9-12(10-7-17-13(14)16-10)18-11(15-9)6-8(2)3/h7-8H,4-6H2,1-3H3,(H2,14,16). The summed E-state index contributed by atoms with van der Waals surface area (Å²) < 4.78 is 0. The molecule has 0 aromatic carbocycles. The Bertz CT molecular complexity index is 514. The molecule has 5 heteroatoms. The van der Waals surface area contributed by atoms with E-state index in [1.807, 2.05) is 5.38 Å². The number of rotatable bonds is 5. The smallest absolute Gasteiger partial charge is 0.180 e. The van der Waals surface area contributed by atoms with Gasteiger partial charge in [-0.25, -0.2) is 9.97 Å². The third-order valence-corrected chi connectivity index (χ3v) is 4.38. The van der Waals surface area contributed by atoms with Gasteiger partial charge < -0.3 is 5.73 Å². The number of anilines is 1. The second kappa shape index (κ2) is 5.80. The highest BCUT2D eigenvalue weighted by molar-refractivity contribution is 7.16. The Kier molecular flexibility index (Phi) is 4.35. The fraction of sp³-hybridized carbons (Fsp3) is 0.538. The van der Waals surface area contributed by atoms with E-state index in [-0.39, 0.29) is 0 Å². The molecule has 0 saturated carbocycles. The highest BCUT2D eigenvalue weighted by Gasteiger charge is 2.15. The summed E-state index contributed by atoms with van der Waals surface area (Å²) in [5.74, 6) is 0.638. The third kappa shape index (κ3) is 3.09. The first kappa shape index (κ1) is 13.5. The number of nitrogen functional groups attached to an aromatic ring is 1. The van der Waals surface area contributed by atoms with Crippen LogP contribution in [-0.4, -0.2) is 9.97 Å². The van der Waals surface area contributed by atoms with E-state index in [0.29, 0.717) is 11.0 Å². The summed E-state index contributed by atoms with van der Waals surface area (Å²) in [7, 11) is 0. The van der Waals surface area contributed by atoms with Crippen LogP contribution in [0, 0.1) is 5.92 Å². The van der Waals surface area contributed by atoms with Crippen molar-refractivity contribution in [2.75, 3.05) is 5.73 Å². The predicted molar refractivity (Wildman–Crippen MR) is 80.2 cm³/mol. The summed E-state index contributed by atoms with van der Waals surface area (Å²) in [5, 5.41) is 3.88. The molecule has 0 amide bonds. The first-order valence-corrected chi connectivity index (χ1v) is 7.99. The molecule has 0 atom stereocenters. The summed E-state index contributed by atoms with van der Waals surface area (Å²) in [5.41, 5.74) is 7.90.